The minimum Gasteiger partial charge on any atom is -0.399 e. The lowest BCUT2D eigenvalue weighted by Crippen LogP contribution is -2.43. The predicted octanol–water partition coefficient (Wildman–Crippen LogP) is 0.926. The Balaban J connectivity index is 2.06. The summed E-state index contributed by atoms with van der Waals surface area (Å²) in [5.74, 6) is 0. The molecular formula is C12H18N2O. The Morgan fingerprint density at radius 1 is 1.33 bits per heavy atom. The number of hydrogen-bond donors (Lipinski definition) is 3. The van der Waals surface area contributed by atoms with Gasteiger partial charge in [-0.3, -0.25) is 0 Å². The molecule has 0 saturated carbocycles. The molecule has 1 aliphatic rings. The highest BCUT2D eigenvalue weighted by molar-refractivity contribution is 5.41. The molecule has 0 amide bonds. The van der Waals surface area contributed by atoms with Crippen molar-refractivity contribution < 1.29 is 5.11 Å². The van der Waals surface area contributed by atoms with Gasteiger partial charge < -0.3 is 16.2 Å². The minimum absolute atomic E-state index is 0.543. The predicted molar refractivity (Wildman–Crippen MR) is 61.6 cm³/mol. The second-order valence-corrected chi connectivity index (χ2v) is 4.40. The monoisotopic (exact) mass is 206 g/mol. The molecule has 4 N–H and O–H groups in total. The lowest BCUT2D eigenvalue weighted by atomic mass is 9.86. The molecule has 15 heavy (non-hydrogen) atoms. The summed E-state index contributed by atoms with van der Waals surface area (Å²) in [5.41, 5.74) is 7.06. The SMILES string of the molecule is Nc1cccc(CC2(O)CCNCC2)c1. The van der Waals surface area contributed by atoms with Gasteiger partial charge in [0.25, 0.3) is 0 Å². The zero-order chi connectivity index (χ0) is 10.7. The maximum atomic E-state index is 10.3. The Morgan fingerprint density at radius 3 is 2.73 bits per heavy atom. The quantitative estimate of drug-likeness (QED) is 0.631. The molecule has 0 aromatic heterocycles. The van der Waals surface area contributed by atoms with Crippen molar-refractivity contribution in [2.45, 2.75) is 24.9 Å². The van der Waals surface area contributed by atoms with Crippen LogP contribution in [0.2, 0.25) is 0 Å². The zero-order valence-electron chi connectivity index (χ0n) is 8.87. The van der Waals surface area contributed by atoms with Crippen LogP contribution in [0.4, 0.5) is 5.69 Å². The van der Waals surface area contributed by atoms with Crippen LogP contribution in [0, 0.1) is 0 Å². The summed E-state index contributed by atoms with van der Waals surface area (Å²) in [7, 11) is 0. The van der Waals surface area contributed by atoms with Crippen LogP contribution in [-0.2, 0) is 6.42 Å². The molecule has 1 aliphatic heterocycles. The largest absolute Gasteiger partial charge is 0.399 e. The number of nitrogen functional groups attached to an aromatic ring is 1. The standard InChI is InChI=1S/C12H18N2O/c13-11-3-1-2-10(8-11)9-12(15)4-6-14-7-5-12/h1-3,8,14-15H,4-7,9,13H2. The first-order valence-electron chi connectivity index (χ1n) is 5.45. The molecule has 1 aromatic rings. The minimum atomic E-state index is -0.543. The Kier molecular flexibility index (Phi) is 2.93. The molecule has 0 bridgehead atoms. The average molecular weight is 206 g/mol. The van der Waals surface area contributed by atoms with E-state index in [9.17, 15) is 5.11 Å². The number of hydrogen-bond acceptors (Lipinski definition) is 3. The molecule has 0 atom stereocenters. The van der Waals surface area contributed by atoms with Gasteiger partial charge in [0.15, 0.2) is 0 Å². The van der Waals surface area contributed by atoms with E-state index in [-0.39, 0.29) is 0 Å². The molecule has 1 heterocycles. The van der Waals surface area contributed by atoms with Crippen LogP contribution in [0.25, 0.3) is 0 Å². The molecule has 0 unspecified atom stereocenters. The summed E-state index contributed by atoms with van der Waals surface area (Å²) in [6.45, 7) is 1.80. The first kappa shape index (κ1) is 10.5. The Hall–Kier alpha value is -1.06. The topological polar surface area (TPSA) is 58.3 Å². The van der Waals surface area contributed by atoms with Crippen molar-refractivity contribution in [2.24, 2.45) is 0 Å². The normalized spacial score (nSPS) is 20.1. The van der Waals surface area contributed by atoms with Crippen LogP contribution in [0.5, 0.6) is 0 Å². The summed E-state index contributed by atoms with van der Waals surface area (Å²) >= 11 is 0. The molecule has 82 valence electrons. The number of anilines is 1. The van der Waals surface area contributed by atoms with Gasteiger partial charge in [-0.2, -0.15) is 0 Å². The Morgan fingerprint density at radius 2 is 2.07 bits per heavy atom. The van der Waals surface area contributed by atoms with Gasteiger partial charge in [-0.25, -0.2) is 0 Å². The molecule has 3 nitrogen and oxygen atoms in total. The van der Waals surface area contributed by atoms with Crippen LogP contribution in [0.1, 0.15) is 18.4 Å². The van der Waals surface area contributed by atoms with Gasteiger partial charge in [0.1, 0.15) is 0 Å². The molecule has 0 radical (unpaired) electrons. The lowest BCUT2D eigenvalue weighted by molar-refractivity contribution is 0.0109. The van der Waals surface area contributed by atoms with Crippen LogP contribution >= 0.6 is 0 Å². The fourth-order valence-electron chi connectivity index (χ4n) is 2.15. The number of piperidine rings is 1. The first-order chi connectivity index (χ1) is 7.18. The first-order valence-corrected chi connectivity index (χ1v) is 5.45. The van der Waals surface area contributed by atoms with Crippen LogP contribution in [-0.4, -0.2) is 23.8 Å². The summed E-state index contributed by atoms with van der Waals surface area (Å²) < 4.78 is 0. The third-order valence-corrected chi connectivity index (χ3v) is 3.02. The van der Waals surface area contributed by atoms with Crippen molar-refractivity contribution >= 4 is 5.69 Å². The van der Waals surface area contributed by atoms with Gasteiger partial charge >= 0.3 is 0 Å². The molecule has 3 heteroatoms. The molecule has 1 aromatic carbocycles. The van der Waals surface area contributed by atoms with Crippen LogP contribution in [0.15, 0.2) is 24.3 Å². The number of nitrogens with one attached hydrogen (secondary N) is 1. The second kappa shape index (κ2) is 4.21. The van der Waals surface area contributed by atoms with E-state index in [1.165, 1.54) is 0 Å². The van der Waals surface area contributed by atoms with Crippen molar-refractivity contribution in [3.05, 3.63) is 29.8 Å². The summed E-state index contributed by atoms with van der Waals surface area (Å²) in [5, 5.41) is 13.6. The fraction of sp³-hybridized carbons (Fsp3) is 0.500. The van der Waals surface area contributed by atoms with Gasteiger partial charge in [0.2, 0.25) is 0 Å². The Bertz CT molecular complexity index is 332. The summed E-state index contributed by atoms with van der Waals surface area (Å²) in [4.78, 5) is 0. The maximum absolute atomic E-state index is 10.3. The third-order valence-electron chi connectivity index (χ3n) is 3.02. The molecule has 1 saturated heterocycles. The number of nitrogens with two attached hydrogens (primary N) is 1. The fourth-order valence-corrected chi connectivity index (χ4v) is 2.15. The highest BCUT2D eigenvalue weighted by Gasteiger charge is 2.28. The van der Waals surface area contributed by atoms with Crippen molar-refractivity contribution in [3.8, 4) is 0 Å². The maximum Gasteiger partial charge on any atom is 0.0712 e. The second-order valence-electron chi connectivity index (χ2n) is 4.40. The van der Waals surface area contributed by atoms with Gasteiger partial charge in [-0.1, -0.05) is 12.1 Å². The van der Waals surface area contributed by atoms with Crippen molar-refractivity contribution in [2.75, 3.05) is 18.8 Å². The van der Waals surface area contributed by atoms with E-state index in [2.05, 4.69) is 5.32 Å². The van der Waals surface area contributed by atoms with Gasteiger partial charge in [0, 0.05) is 12.1 Å². The van der Waals surface area contributed by atoms with E-state index in [0.717, 1.165) is 37.2 Å². The highest BCUT2D eigenvalue weighted by Crippen LogP contribution is 2.23. The molecule has 2 rings (SSSR count). The van der Waals surface area contributed by atoms with E-state index in [1.807, 2.05) is 24.3 Å². The Labute approximate surface area is 90.3 Å². The average Bonchev–Trinajstić information content (AvgIpc) is 2.18. The van der Waals surface area contributed by atoms with Crippen molar-refractivity contribution in [3.63, 3.8) is 0 Å². The number of benzene rings is 1. The van der Waals surface area contributed by atoms with Crippen molar-refractivity contribution in [1.82, 2.24) is 5.32 Å². The van der Waals surface area contributed by atoms with E-state index in [0.29, 0.717) is 6.42 Å². The van der Waals surface area contributed by atoms with E-state index in [4.69, 9.17) is 5.73 Å². The van der Waals surface area contributed by atoms with Crippen molar-refractivity contribution in [1.29, 1.82) is 0 Å². The summed E-state index contributed by atoms with van der Waals surface area (Å²) in [6, 6.07) is 7.78. The highest BCUT2D eigenvalue weighted by atomic mass is 16.3. The molecule has 0 aliphatic carbocycles. The van der Waals surface area contributed by atoms with Gasteiger partial charge in [-0.05, 0) is 43.6 Å². The van der Waals surface area contributed by atoms with E-state index in [1.54, 1.807) is 0 Å². The van der Waals surface area contributed by atoms with Crippen LogP contribution < -0.4 is 11.1 Å². The number of aliphatic hydroxyl groups is 1. The third kappa shape index (κ3) is 2.70. The zero-order valence-corrected chi connectivity index (χ0v) is 8.87. The van der Waals surface area contributed by atoms with Gasteiger partial charge in [0.05, 0.1) is 5.60 Å². The molecular weight excluding hydrogens is 188 g/mol. The molecule has 0 spiro atoms. The van der Waals surface area contributed by atoms with E-state index >= 15 is 0 Å². The number of rotatable bonds is 2. The molecule has 1 fully saturated rings. The van der Waals surface area contributed by atoms with Gasteiger partial charge in [-0.15, -0.1) is 0 Å². The summed E-state index contributed by atoms with van der Waals surface area (Å²) in [6.07, 6.45) is 2.35. The smallest absolute Gasteiger partial charge is 0.0712 e. The lowest BCUT2D eigenvalue weighted by Gasteiger charge is -2.32. The van der Waals surface area contributed by atoms with E-state index < -0.39 is 5.60 Å². The van der Waals surface area contributed by atoms with Crippen LogP contribution in [0.3, 0.4) is 0 Å².